The molecule has 3 fully saturated rings. The van der Waals surface area contributed by atoms with E-state index in [4.69, 9.17) is 0 Å². The number of likely N-dealkylation sites (tertiary alicyclic amines) is 1. The van der Waals surface area contributed by atoms with E-state index in [9.17, 15) is 19.6 Å². The largest absolute Gasteiger partial charge is 0.351 e. The van der Waals surface area contributed by atoms with Gasteiger partial charge in [-0.3, -0.25) is 14.4 Å². The maximum atomic E-state index is 14.0. The van der Waals surface area contributed by atoms with E-state index in [1.807, 2.05) is 40.8 Å². The lowest BCUT2D eigenvalue weighted by Crippen LogP contribution is -2.55. The second-order valence-electron chi connectivity index (χ2n) is 12.1. The van der Waals surface area contributed by atoms with Crippen LogP contribution in [0.15, 0.2) is 18.2 Å². The third-order valence-electron chi connectivity index (χ3n) is 8.75. The van der Waals surface area contributed by atoms with Crippen LogP contribution in [-0.4, -0.2) is 71.6 Å². The minimum Gasteiger partial charge on any atom is -0.351 e. The van der Waals surface area contributed by atoms with E-state index in [1.165, 1.54) is 4.90 Å². The molecule has 2 spiro atoms. The second-order valence-corrected chi connectivity index (χ2v) is 12.1. The highest BCUT2D eigenvalue weighted by molar-refractivity contribution is 6.39. The molecule has 3 heterocycles. The molecule has 0 bridgehead atoms. The minimum absolute atomic E-state index is 0.0274. The first kappa shape index (κ1) is 25.4. The summed E-state index contributed by atoms with van der Waals surface area (Å²) < 4.78 is 0. The first-order valence-corrected chi connectivity index (χ1v) is 13.4. The van der Waals surface area contributed by atoms with Gasteiger partial charge in [-0.1, -0.05) is 25.4 Å². The number of aromatic amines is 1. The van der Waals surface area contributed by atoms with Crippen molar-refractivity contribution in [1.82, 2.24) is 20.1 Å². The van der Waals surface area contributed by atoms with Gasteiger partial charge in [0.05, 0.1) is 11.5 Å². The average molecular weight is 501 g/mol. The number of nitriles is 1. The molecule has 2 aliphatic heterocycles. The van der Waals surface area contributed by atoms with Gasteiger partial charge in [-0.25, -0.2) is 0 Å². The SMILES string of the molecule is Bc1cc(C)cc2[nH]c(C(=O)N(C)C(CC(C)C)C(=O)N3C[C@]4(CCC5(CC5)NC4=O)CC3C#N)cc12. The maximum Gasteiger partial charge on any atom is 0.270 e. The molecular weight excluding hydrogens is 465 g/mol. The summed E-state index contributed by atoms with van der Waals surface area (Å²) >= 11 is 0. The molecule has 1 aromatic carbocycles. The number of carbonyl (C=O) groups excluding carboxylic acids is 3. The third-order valence-corrected chi connectivity index (χ3v) is 8.75. The van der Waals surface area contributed by atoms with E-state index in [2.05, 4.69) is 22.4 Å². The Morgan fingerprint density at radius 1 is 1.24 bits per heavy atom. The van der Waals surface area contributed by atoms with Crippen molar-refractivity contribution in [3.8, 4) is 6.07 Å². The summed E-state index contributed by atoms with van der Waals surface area (Å²) in [5.41, 5.74) is 2.75. The lowest BCUT2D eigenvalue weighted by Gasteiger charge is -2.37. The Hall–Kier alpha value is -3.28. The Labute approximate surface area is 219 Å². The number of hydrogen-bond donors (Lipinski definition) is 2. The number of aryl methyl sites for hydroxylation is 1. The van der Waals surface area contributed by atoms with E-state index < -0.39 is 17.5 Å². The Morgan fingerprint density at radius 2 is 1.95 bits per heavy atom. The van der Waals surface area contributed by atoms with Crippen LogP contribution in [0.1, 0.15) is 68.4 Å². The highest BCUT2D eigenvalue weighted by Crippen LogP contribution is 2.50. The van der Waals surface area contributed by atoms with Crippen LogP contribution >= 0.6 is 0 Å². The van der Waals surface area contributed by atoms with Crippen LogP contribution in [-0.2, 0) is 9.59 Å². The summed E-state index contributed by atoms with van der Waals surface area (Å²) in [4.78, 5) is 47.1. The number of hydrogen-bond acceptors (Lipinski definition) is 4. The van der Waals surface area contributed by atoms with E-state index in [0.29, 0.717) is 25.0 Å². The van der Waals surface area contributed by atoms with Gasteiger partial charge in [-0.2, -0.15) is 5.26 Å². The fraction of sp³-hybridized carbons (Fsp3) is 0.571. The summed E-state index contributed by atoms with van der Waals surface area (Å²) in [6.45, 7) is 6.28. The smallest absolute Gasteiger partial charge is 0.270 e. The zero-order valence-electron chi connectivity index (χ0n) is 22.5. The number of rotatable bonds is 5. The summed E-state index contributed by atoms with van der Waals surface area (Å²) in [5.74, 6) is -0.390. The molecule has 5 rings (SSSR count). The number of fused-ring (bicyclic) bond motifs is 1. The van der Waals surface area contributed by atoms with Gasteiger partial charge < -0.3 is 20.1 Å². The van der Waals surface area contributed by atoms with Crippen LogP contribution in [0.5, 0.6) is 0 Å². The molecule has 1 aliphatic carbocycles. The Morgan fingerprint density at radius 3 is 2.57 bits per heavy atom. The van der Waals surface area contributed by atoms with E-state index in [-0.39, 0.29) is 35.7 Å². The van der Waals surface area contributed by atoms with Crippen LogP contribution in [0.2, 0.25) is 0 Å². The monoisotopic (exact) mass is 501 g/mol. The van der Waals surface area contributed by atoms with Gasteiger partial charge in [0.25, 0.3) is 5.91 Å². The number of amides is 3. The summed E-state index contributed by atoms with van der Waals surface area (Å²) in [6, 6.07) is 6.81. The fourth-order valence-electron chi connectivity index (χ4n) is 6.34. The third kappa shape index (κ3) is 4.41. The zero-order chi connectivity index (χ0) is 26.7. The Balaban J connectivity index is 1.40. The van der Waals surface area contributed by atoms with Crippen molar-refractivity contribution in [2.75, 3.05) is 13.6 Å². The highest BCUT2D eigenvalue weighted by Gasteiger charge is 2.59. The second kappa shape index (κ2) is 8.93. The van der Waals surface area contributed by atoms with Crippen molar-refractivity contribution in [2.45, 2.75) is 76.9 Å². The van der Waals surface area contributed by atoms with Crippen molar-refractivity contribution >= 4 is 41.9 Å². The summed E-state index contributed by atoms with van der Waals surface area (Å²) in [5, 5.41) is 14.1. The van der Waals surface area contributed by atoms with Crippen molar-refractivity contribution < 1.29 is 14.4 Å². The molecule has 1 aromatic heterocycles. The van der Waals surface area contributed by atoms with Crippen LogP contribution in [0.3, 0.4) is 0 Å². The number of benzene rings is 1. The van der Waals surface area contributed by atoms with E-state index in [1.54, 1.807) is 11.9 Å². The van der Waals surface area contributed by atoms with Crippen molar-refractivity contribution in [1.29, 1.82) is 5.26 Å². The quantitative estimate of drug-likeness (QED) is 0.609. The van der Waals surface area contributed by atoms with Crippen molar-refractivity contribution in [2.24, 2.45) is 11.3 Å². The number of H-pyrrole nitrogens is 1. The predicted molar refractivity (Wildman–Crippen MR) is 144 cm³/mol. The van der Waals surface area contributed by atoms with Crippen LogP contribution < -0.4 is 10.8 Å². The predicted octanol–water partition coefficient (Wildman–Crippen LogP) is 1.77. The lowest BCUT2D eigenvalue weighted by molar-refractivity contribution is -0.139. The van der Waals surface area contributed by atoms with Crippen LogP contribution in [0, 0.1) is 29.6 Å². The van der Waals surface area contributed by atoms with Gasteiger partial charge in [0.15, 0.2) is 0 Å². The van der Waals surface area contributed by atoms with Crippen LogP contribution in [0.25, 0.3) is 10.9 Å². The number of aromatic nitrogens is 1. The van der Waals surface area contributed by atoms with Gasteiger partial charge in [0.1, 0.15) is 25.6 Å². The maximum absolute atomic E-state index is 14.0. The van der Waals surface area contributed by atoms with Gasteiger partial charge in [0, 0.05) is 24.6 Å². The number of carbonyl (C=O) groups is 3. The Kier molecular flexibility index (Phi) is 6.13. The molecule has 2 unspecified atom stereocenters. The van der Waals surface area contributed by atoms with Gasteiger partial charge >= 0.3 is 0 Å². The highest BCUT2D eigenvalue weighted by atomic mass is 16.2. The summed E-state index contributed by atoms with van der Waals surface area (Å²) in [6.07, 6.45) is 4.43. The molecule has 1 saturated carbocycles. The number of likely N-dealkylation sites (N-methyl/N-ethyl adjacent to an activating group) is 1. The molecule has 9 heteroatoms. The first-order chi connectivity index (χ1) is 17.5. The molecule has 0 radical (unpaired) electrons. The lowest BCUT2D eigenvalue weighted by atomic mass is 9.75. The van der Waals surface area contributed by atoms with Gasteiger partial charge in [0.2, 0.25) is 11.8 Å². The molecule has 3 aliphatic rings. The number of nitrogens with one attached hydrogen (secondary N) is 2. The zero-order valence-corrected chi connectivity index (χ0v) is 22.5. The number of nitrogens with zero attached hydrogens (tertiary/aromatic N) is 3. The topological polar surface area (TPSA) is 109 Å². The molecule has 194 valence electrons. The molecule has 3 atom stereocenters. The molecule has 2 aromatic rings. The average Bonchev–Trinajstić information content (AvgIpc) is 3.28. The molecular formula is C28H36BN5O3. The van der Waals surface area contributed by atoms with Crippen LogP contribution in [0.4, 0.5) is 0 Å². The van der Waals surface area contributed by atoms with E-state index >= 15 is 0 Å². The van der Waals surface area contributed by atoms with Crippen molar-refractivity contribution in [3.63, 3.8) is 0 Å². The molecule has 8 nitrogen and oxygen atoms in total. The first-order valence-electron chi connectivity index (χ1n) is 13.4. The van der Waals surface area contributed by atoms with E-state index in [0.717, 1.165) is 41.2 Å². The number of piperidine rings is 1. The fourth-order valence-corrected chi connectivity index (χ4v) is 6.34. The standard InChI is InChI=1S/C28H36BN5O3/c1-16(2)9-23(33(4)24(35)22-12-19-20(29)10-17(3)11-21(19)31-22)25(36)34-15-27(13-18(34)14-30)5-6-28(7-8-28)32-26(27)37/h10-12,16,18,23,31H,5-9,13,15,29H2,1-4H3,(H,32,37)/t18?,23?,27-/m0/s1. The normalized spacial score (nSPS) is 24.9. The van der Waals surface area contributed by atoms with Gasteiger partial charge in [-0.05, 0) is 74.4 Å². The molecule has 3 amide bonds. The molecule has 37 heavy (non-hydrogen) atoms. The summed E-state index contributed by atoms with van der Waals surface area (Å²) in [7, 11) is 3.68. The molecule has 2 saturated heterocycles. The van der Waals surface area contributed by atoms with Gasteiger partial charge in [-0.15, -0.1) is 0 Å². The minimum atomic E-state index is -0.728. The molecule has 2 N–H and O–H groups in total. The Bertz CT molecular complexity index is 1320. The van der Waals surface area contributed by atoms with Crippen molar-refractivity contribution in [3.05, 3.63) is 29.5 Å².